The molecule has 0 aliphatic heterocycles. The lowest BCUT2D eigenvalue weighted by molar-refractivity contribution is 0.0299. The first-order valence-corrected chi connectivity index (χ1v) is 7.02. The van der Waals surface area contributed by atoms with Gasteiger partial charge < -0.3 is 4.74 Å². The van der Waals surface area contributed by atoms with E-state index in [2.05, 4.69) is 29.8 Å². The van der Waals surface area contributed by atoms with E-state index >= 15 is 0 Å². The lowest BCUT2D eigenvalue weighted by atomic mass is 9.62. The number of hydrogen-bond donors (Lipinski definition) is 0. The van der Waals surface area contributed by atoms with E-state index in [1.807, 2.05) is 12.3 Å². The lowest BCUT2D eigenvalue weighted by Gasteiger charge is -2.45. The number of nitrogens with zero attached hydrogens (tertiary/aromatic N) is 2. The molecule has 1 unspecified atom stereocenters. The lowest BCUT2D eigenvalue weighted by Crippen LogP contribution is -2.37. The van der Waals surface area contributed by atoms with Crippen LogP contribution >= 0.6 is 0 Å². The van der Waals surface area contributed by atoms with Crippen LogP contribution in [-0.2, 0) is 11.3 Å². The fraction of sp³-hybridized carbons (Fsp3) is 0.800. The maximum Gasteiger partial charge on any atom is 0.0489 e. The number of methoxy groups -OCH3 is 1. The molecule has 1 aromatic rings. The predicted octanol–water partition coefficient (Wildman–Crippen LogP) is 3.51. The van der Waals surface area contributed by atoms with Crippen molar-refractivity contribution in [2.45, 2.75) is 52.5 Å². The minimum Gasteiger partial charge on any atom is -0.385 e. The monoisotopic (exact) mass is 250 g/mol. The quantitative estimate of drug-likeness (QED) is 0.799. The Labute approximate surface area is 111 Å². The van der Waals surface area contributed by atoms with Crippen molar-refractivity contribution in [3.05, 3.63) is 18.5 Å². The van der Waals surface area contributed by atoms with Crippen LogP contribution in [0.15, 0.2) is 18.5 Å². The van der Waals surface area contributed by atoms with Crippen LogP contribution in [0.1, 0.15) is 46.0 Å². The Hall–Kier alpha value is -0.830. The Bertz CT molecular complexity index is 359. The van der Waals surface area contributed by atoms with Gasteiger partial charge in [0.1, 0.15) is 0 Å². The second-order valence-corrected chi connectivity index (χ2v) is 6.64. The molecule has 3 heteroatoms. The highest BCUT2D eigenvalue weighted by Gasteiger charge is 2.40. The summed E-state index contributed by atoms with van der Waals surface area (Å²) in [5, 5.41) is 4.39. The van der Waals surface area contributed by atoms with Crippen LogP contribution in [0.3, 0.4) is 0 Å². The molecule has 0 bridgehead atoms. The Morgan fingerprint density at radius 2 is 2.17 bits per heavy atom. The van der Waals surface area contributed by atoms with Crippen molar-refractivity contribution in [2.24, 2.45) is 10.8 Å². The van der Waals surface area contributed by atoms with Gasteiger partial charge in [0.05, 0.1) is 0 Å². The van der Waals surface area contributed by atoms with Crippen molar-refractivity contribution in [1.82, 2.24) is 9.78 Å². The number of aromatic nitrogens is 2. The highest BCUT2D eigenvalue weighted by atomic mass is 16.5. The van der Waals surface area contributed by atoms with Crippen molar-refractivity contribution in [3.63, 3.8) is 0 Å². The van der Waals surface area contributed by atoms with E-state index in [-0.39, 0.29) is 0 Å². The molecule has 18 heavy (non-hydrogen) atoms. The molecule has 0 spiro atoms. The zero-order valence-electron chi connectivity index (χ0n) is 12.0. The molecular formula is C15H26N2O. The van der Waals surface area contributed by atoms with Gasteiger partial charge in [-0.05, 0) is 42.6 Å². The minimum absolute atomic E-state index is 0.365. The van der Waals surface area contributed by atoms with Crippen molar-refractivity contribution in [1.29, 1.82) is 0 Å². The van der Waals surface area contributed by atoms with Crippen molar-refractivity contribution < 1.29 is 4.74 Å². The zero-order valence-corrected chi connectivity index (χ0v) is 12.0. The normalized spacial score (nSPS) is 27.3. The van der Waals surface area contributed by atoms with E-state index in [1.54, 1.807) is 7.11 Å². The van der Waals surface area contributed by atoms with E-state index < -0.39 is 0 Å². The van der Waals surface area contributed by atoms with Gasteiger partial charge in [0.15, 0.2) is 0 Å². The van der Waals surface area contributed by atoms with Crippen LogP contribution in [0, 0.1) is 10.8 Å². The van der Waals surface area contributed by atoms with Gasteiger partial charge in [-0.1, -0.05) is 20.3 Å². The first-order chi connectivity index (χ1) is 8.55. The van der Waals surface area contributed by atoms with Crippen molar-refractivity contribution in [3.8, 4) is 0 Å². The average Bonchev–Trinajstić information content (AvgIpc) is 2.77. The van der Waals surface area contributed by atoms with Gasteiger partial charge in [-0.2, -0.15) is 5.10 Å². The van der Waals surface area contributed by atoms with E-state index in [0.29, 0.717) is 10.8 Å². The summed E-state index contributed by atoms with van der Waals surface area (Å²) in [4.78, 5) is 0. The Morgan fingerprint density at radius 3 is 2.78 bits per heavy atom. The van der Waals surface area contributed by atoms with E-state index in [4.69, 9.17) is 4.74 Å². The molecule has 0 radical (unpaired) electrons. The first kappa shape index (κ1) is 13.6. The van der Waals surface area contributed by atoms with E-state index in [1.165, 1.54) is 25.7 Å². The van der Waals surface area contributed by atoms with Crippen LogP contribution < -0.4 is 0 Å². The molecule has 0 amide bonds. The summed E-state index contributed by atoms with van der Waals surface area (Å²) < 4.78 is 7.42. The zero-order chi connectivity index (χ0) is 13.1. The molecule has 102 valence electrons. The van der Waals surface area contributed by atoms with Gasteiger partial charge >= 0.3 is 0 Å². The van der Waals surface area contributed by atoms with Crippen LogP contribution in [-0.4, -0.2) is 23.5 Å². The molecule has 1 saturated carbocycles. The van der Waals surface area contributed by atoms with Crippen molar-refractivity contribution >= 4 is 0 Å². The summed E-state index contributed by atoms with van der Waals surface area (Å²) in [6, 6.07) is 2.01. The van der Waals surface area contributed by atoms with Crippen LogP contribution in [0.25, 0.3) is 0 Å². The summed E-state index contributed by atoms with van der Waals surface area (Å²) in [6.45, 7) is 6.69. The Morgan fingerprint density at radius 1 is 1.33 bits per heavy atom. The van der Waals surface area contributed by atoms with Gasteiger partial charge in [-0.15, -0.1) is 0 Å². The highest BCUT2D eigenvalue weighted by Crippen LogP contribution is 2.49. The summed E-state index contributed by atoms with van der Waals surface area (Å²) in [7, 11) is 1.80. The smallest absolute Gasteiger partial charge is 0.0489 e. The van der Waals surface area contributed by atoms with E-state index in [9.17, 15) is 0 Å². The van der Waals surface area contributed by atoms with Gasteiger partial charge in [-0.25, -0.2) is 0 Å². The number of hydrogen-bond acceptors (Lipinski definition) is 2. The fourth-order valence-electron chi connectivity index (χ4n) is 3.62. The molecule has 1 atom stereocenters. The third-order valence-corrected chi connectivity index (χ3v) is 4.31. The van der Waals surface area contributed by atoms with Crippen LogP contribution in [0.2, 0.25) is 0 Å². The molecule has 1 fully saturated rings. The maximum atomic E-state index is 5.33. The predicted molar refractivity (Wildman–Crippen MR) is 73.4 cm³/mol. The minimum atomic E-state index is 0.365. The molecule has 1 aliphatic carbocycles. The van der Waals surface area contributed by atoms with E-state index in [0.717, 1.165) is 19.6 Å². The van der Waals surface area contributed by atoms with Gasteiger partial charge in [0, 0.05) is 32.7 Å². The molecule has 0 aromatic carbocycles. The molecule has 2 rings (SSSR count). The second-order valence-electron chi connectivity index (χ2n) is 6.64. The molecule has 0 saturated heterocycles. The highest BCUT2D eigenvalue weighted by molar-refractivity contribution is 4.91. The average molecular weight is 250 g/mol. The Kier molecular flexibility index (Phi) is 4.10. The third kappa shape index (κ3) is 3.35. The standard InChI is InChI=1S/C15H26N2O/c1-14(2)6-4-7-15(12-14,8-11-18-3)13-17-10-5-9-16-17/h5,9-10H,4,6-8,11-13H2,1-3H3. The first-order valence-electron chi connectivity index (χ1n) is 7.02. The maximum absolute atomic E-state index is 5.33. The van der Waals surface area contributed by atoms with Crippen LogP contribution in [0.5, 0.6) is 0 Å². The number of rotatable bonds is 5. The molecule has 1 heterocycles. The number of ether oxygens (including phenoxy) is 1. The molecular weight excluding hydrogens is 224 g/mol. The van der Waals surface area contributed by atoms with Gasteiger partial charge in [-0.3, -0.25) is 4.68 Å². The summed E-state index contributed by atoms with van der Waals surface area (Å²) in [5.74, 6) is 0. The van der Waals surface area contributed by atoms with Crippen LogP contribution in [0.4, 0.5) is 0 Å². The fourth-order valence-corrected chi connectivity index (χ4v) is 3.62. The second kappa shape index (κ2) is 5.43. The molecule has 3 nitrogen and oxygen atoms in total. The van der Waals surface area contributed by atoms with Crippen molar-refractivity contribution in [2.75, 3.05) is 13.7 Å². The molecule has 1 aromatic heterocycles. The summed E-state index contributed by atoms with van der Waals surface area (Å²) in [6.07, 6.45) is 10.4. The molecule has 0 N–H and O–H groups in total. The largest absolute Gasteiger partial charge is 0.385 e. The summed E-state index contributed by atoms with van der Waals surface area (Å²) >= 11 is 0. The topological polar surface area (TPSA) is 27.1 Å². The Balaban J connectivity index is 2.11. The van der Waals surface area contributed by atoms with Gasteiger partial charge in [0.25, 0.3) is 0 Å². The third-order valence-electron chi connectivity index (χ3n) is 4.31. The molecule has 1 aliphatic rings. The summed E-state index contributed by atoms with van der Waals surface area (Å²) in [5.41, 5.74) is 0.822. The SMILES string of the molecule is COCCC1(Cn2cccn2)CCCC(C)(C)C1. The van der Waals surface area contributed by atoms with Gasteiger partial charge in [0.2, 0.25) is 0 Å².